The molecule has 7 heteroatoms. The Bertz CT molecular complexity index is 1190. The summed E-state index contributed by atoms with van der Waals surface area (Å²) < 4.78 is 1.98. The lowest BCUT2D eigenvalue weighted by atomic mass is 9.85. The number of amidine groups is 1. The molecule has 2 unspecified atom stereocenters. The molecule has 2 aromatic heterocycles. The van der Waals surface area contributed by atoms with E-state index in [1.165, 1.54) is 37.7 Å². The van der Waals surface area contributed by atoms with E-state index in [1.54, 1.807) is 12.1 Å². The van der Waals surface area contributed by atoms with Gasteiger partial charge in [-0.25, -0.2) is 9.51 Å². The van der Waals surface area contributed by atoms with Gasteiger partial charge in [-0.05, 0) is 79.8 Å². The van der Waals surface area contributed by atoms with Crippen molar-refractivity contribution in [3.63, 3.8) is 0 Å². The zero-order valence-corrected chi connectivity index (χ0v) is 20.0. The van der Waals surface area contributed by atoms with Gasteiger partial charge in [0.25, 0.3) is 0 Å². The molecule has 2 aliphatic carbocycles. The number of aliphatic imine (C=N–C) groups is 1. The first kappa shape index (κ1) is 22.7. The van der Waals surface area contributed by atoms with Crippen molar-refractivity contribution in [2.45, 2.75) is 82.7 Å². The Labute approximate surface area is 201 Å². The van der Waals surface area contributed by atoms with Crippen molar-refractivity contribution in [3.8, 4) is 5.75 Å². The molecular weight excluding hydrogens is 424 g/mol. The first-order chi connectivity index (χ1) is 16.5. The molecule has 0 spiro atoms. The van der Waals surface area contributed by atoms with E-state index in [0.717, 1.165) is 53.7 Å². The number of fused-ring (bicyclic) bond motifs is 1. The van der Waals surface area contributed by atoms with Gasteiger partial charge in [0, 0.05) is 18.3 Å². The van der Waals surface area contributed by atoms with Crippen molar-refractivity contribution in [2.24, 2.45) is 16.5 Å². The van der Waals surface area contributed by atoms with E-state index in [-0.39, 0.29) is 11.8 Å². The van der Waals surface area contributed by atoms with Crippen LogP contribution in [0.1, 0.15) is 80.9 Å². The van der Waals surface area contributed by atoms with Crippen LogP contribution in [-0.2, 0) is 6.42 Å². The van der Waals surface area contributed by atoms with Crippen LogP contribution in [-0.4, -0.2) is 32.6 Å². The van der Waals surface area contributed by atoms with Crippen molar-refractivity contribution in [1.29, 1.82) is 0 Å². The first-order valence-corrected chi connectivity index (χ1v) is 12.7. The maximum Gasteiger partial charge on any atom is 0.135 e. The molecule has 7 nitrogen and oxygen atoms in total. The van der Waals surface area contributed by atoms with Crippen LogP contribution in [0.4, 0.5) is 11.4 Å². The quantitative estimate of drug-likeness (QED) is 0.306. The molecule has 2 heterocycles. The summed E-state index contributed by atoms with van der Waals surface area (Å²) in [6.07, 6.45) is 14.2. The summed E-state index contributed by atoms with van der Waals surface area (Å²) in [7, 11) is 0. The number of aromatic hydroxyl groups is 1. The predicted octanol–water partition coefficient (Wildman–Crippen LogP) is 4.98. The van der Waals surface area contributed by atoms with Crippen molar-refractivity contribution in [1.82, 2.24) is 9.61 Å². The Balaban J connectivity index is 1.57. The SMILES string of the molecule is CCc1cc(O)ccc1N=C(N)c1cnn2cc(C3CCCCC3)cc2c1NC1CCC(N)C1. The third-order valence-corrected chi connectivity index (χ3v) is 7.52. The maximum absolute atomic E-state index is 9.86. The number of phenolic OH excluding ortho intramolecular Hbond substituents is 1. The van der Waals surface area contributed by atoms with Gasteiger partial charge in [-0.1, -0.05) is 26.2 Å². The number of nitrogens with zero attached hydrogens (tertiary/aromatic N) is 3. The monoisotopic (exact) mass is 460 g/mol. The zero-order chi connectivity index (χ0) is 23.7. The van der Waals surface area contributed by atoms with Gasteiger partial charge < -0.3 is 21.9 Å². The number of anilines is 1. The van der Waals surface area contributed by atoms with Crippen LogP contribution in [0, 0.1) is 0 Å². The molecule has 0 bridgehead atoms. The summed E-state index contributed by atoms with van der Waals surface area (Å²) in [6, 6.07) is 8.04. The third-order valence-electron chi connectivity index (χ3n) is 7.52. The number of benzene rings is 1. The molecule has 1 aromatic carbocycles. The highest BCUT2D eigenvalue weighted by molar-refractivity contribution is 6.06. The normalized spacial score (nSPS) is 21.9. The van der Waals surface area contributed by atoms with Crippen LogP contribution in [0.25, 0.3) is 5.52 Å². The van der Waals surface area contributed by atoms with Gasteiger partial charge in [0.05, 0.1) is 28.7 Å². The summed E-state index contributed by atoms with van der Waals surface area (Å²) in [6.45, 7) is 2.04. The van der Waals surface area contributed by atoms with Gasteiger partial charge in [-0.2, -0.15) is 5.10 Å². The lowest BCUT2D eigenvalue weighted by Gasteiger charge is -2.20. The minimum absolute atomic E-state index is 0.235. The van der Waals surface area contributed by atoms with Crippen molar-refractivity contribution < 1.29 is 5.11 Å². The Morgan fingerprint density at radius 3 is 2.74 bits per heavy atom. The summed E-state index contributed by atoms with van der Waals surface area (Å²) in [5.74, 6) is 1.25. The number of nitrogens with one attached hydrogen (secondary N) is 1. The van der Waals surface area contributed by atoms with Crippen LogP contribution in [0.5, 0.6) is 5.75 Å². The zero-order valence-electron chi connectivity index (χ0n) is 20.0. The second kappa shape index (κ2) is 9.66. The standard InChI is InChI=1S/C27H36N6O/c1-2-17-12-22(34)10-11-24(17)32-27(29)23-15-30-33-16-19(18-6-4-3-5-7-18)13-25(33)26(23)31-21-9-8-20(28)14-21/h10-13,15-16,18,20-21,31,34H,2-9,14,28H2,1H3,(H2,29,32). The molecule has 3 aromatic rings. The minimum atomic E-state index is 0.235. The second-order valence-corrected chi connectivity index (χ2v) is 9.95. The molecule has 2 fully saturated rings. The molecule has 6 N–H and O–H groups in total. The lowest BCUT2D eigenvalue weighted by Crippen LogP contribution is -2.24. The van der Waals surface area contributed by atoms with Crippen LogP contribution >= 0.6 is 0 Å². The van der Waals surface area contributed by atoms with Crippen LogP contribution < -0.4 is 16.8 Å². The largest absolute Gasteiger partial charge is 0.508 e. The topological polar surface area (TPSA) is 114 Å². The molecule has 2 saturated carbocycles. The fourth-order valence-electron chi connectivity index (χ4n) is 5.59. The maximum atomic E-state index is 9.86. The van der Waals surface area contributed by atoms with E-state index in [9.17, 15) is 5.11 Å². The molecule has 0 aliphatic heterocycles. The summed E-state index contributed by atoms with van der Waals surface area (Å²) in [5, 5.41) is 18.3. The van der Waals surface area contributed by atoms with Crippen molar-refractivity contribution in [3.05, 3.63) is 53.3 Å². The molecule has 0 amide bonds. The van der Waals surface area contributed by atoms with Crippen molar-refractivity contribution >= 4 is 22.7 Å². The fourth-order valence-corrected chi connectivity index (χ4v) is 5.59. The van der Waals surface area contributed by atoms with Gasteiger partial charge in [-0.3, -0.25) is 0 Å². The Morgan fingerprint density at radius 2 is 2.00 bits per heavy atom. The van der Waals surface area contributed by atoms with E-state index in [4.69, 9.17) is 21.6 Å². The summed E-state index contributed by atoms with van der Waals surface area (Å²) in [5.41, 5.74) is 18.7. The average molecular weight is 461 g/mol. The highest BCUT2D eigenvalue weighted by Crippen LogP contribution is 2.36. The molecule has 2 aliphatic rings. The van der Waals surface area contributed by atoms with E-state index >= 15 is 0 Å². The van der Waals surface area contributed by atoms with E-state index in [0.29, 0.717) is 17.8 Å². The number of hydrogen-bond donors (Lipinski definition) is 4. The molecule has 0 radical (unpaired) electrons. The average Bonchev–Trinajstić information content (AvgIpc) is 3.47. The molecule has 0 saturated heterocycles. The smallest absolute Gasteiger partial charge is 0.135 e. The number of aromatic nitrogens is 2. The highest BCUT2D eigenvalue weighted by Gasteiger charge is 2.25. The van der Waals surface area contributed by atoms with Gasteiger partial charge in [0.15, 0.2) is 0 Å². The molecule has 180 valence electrons. The first-order valence-electron chi connectivity index (χ1n) is 12.7. The van der Waals surface area contributed by atoms with Crippen molar-refractivity contribution in [2.75, 3.05) is 5.32 Å². The summed E-state index contributed by atoms with van der Waals surface area (Å²) in [4.78, 5) is 4.76. The Hall–Kier alpha value is -3.06. The highest BCUT2D eigenvalue weighted by atomic mass is 16.3. The number of rotatable bonds is 6. The lowest BCUT2D eigenvalue weighted by molar-refractivity contribution is 0.443. The van der Waals surface area contributed by atoms with Gasteiger partial charge in [0.2, 0.25) is 0 Å². The molecular formula is C27H36N6O. The predicted molar refractivity (Wildman–Crippen MR) is 138 cm³/mol. The number of hydrogen-bond acceptors (Lipinski definition) is 5. The Morgan fingerprint density at radius 1 is 1.18 bits per heavy atom. The number of nitrogens with two attached hydrogens (primary N) is 2. The third kappa shape index (κ3) is 4.62. The van der Waals surface area contributed by atoms with Crippen LogP contribution in [0.2, 0.25) is 0 Å². The fraction of sp³-hybridized carbons (Fsp3) is 0.481. The van der Waals surface area contributed by atoms with Gasteiger partial charge in [0.1, 0.15) is 11.6 Å². The van der Waals surface area contributed by atoms with E-state index in [1.807, 2.05) is 23.7 Å². The Kier molecular flexibility index (Phi) is 6.46. The molecule has 2 atom stereocenters. The van der Waals surface area contributed by atoms with Gasteiger partial charge >= 0.3 is 0 Å². The van der Waals surface area contributed by atoms with Crippen LogP contribution in [0.3, 0.4) is 0 Å². The molecule has 5 rings (SSSR count). The van der Waals surface area contributed by atoms with E-state index in [2.05, 4.69) is 17.6 Å². The van der Waals surface area contributed by atoms with Crippen LogP contribution in [0.15, 0.2) is 41.7 Å². The number of phenols is 1. The van der Waals surface area contributed by atoms with Gasteiger partial charge in [-0.15, -0.1) is 0 Å². The minimum Gasteiger partial charge on any atom is -0.508 e. The molecule has 34 heavy (non-hydrogen) atoms. The number of aryl methyl sites for hydroxylation is 1. The van der Waals surface area contributed by atoms with E-state index < -0.39 is 0 Å². The summed E-state index contributed by atoms with van der Waals surface area (Å²) >= 11 is 0. The second-order valence-electron chi connectivity index (χ2n) is 9.95.